The maximum atomic E-state index is 4.55. The number of fused-ring (bicyclic) bond motifs is 3. The van der Waals surface area contributed by atoms with Crippen molar-refractivity contribution in [2.45, 2.75) is 12.8 Å². The largest absolute Gasteiger partial charge is 0.300 e. The van der Waals surface area contributed by atoms with E-state index >= 15 is 0 Å². The molecule has 0 saturated heterocycles. The van der Waals surface area contributed by atoms with Crippen molar-refractivity contribution in [3.8, 4) is 22.4 Å². The third-order valence-corrected chi connectivity index (χ3v) is 7.69. The SMILES string of the molecule is C1=Cc2cccc3c2c(c2c4c(cc(-c5ccc(-c6cnc7ccccn67)cc5)cc43)C=CC2)C1. The fraction of sp³-hybridized carbons (Fsp3) is 0.0606. The van der Waals surface area contributed by atoms with Crippen LogP contribution in [-0.4, -0.2) is 9.38 Å². The number of benzene rings is 4. The van der Waals surface area contributed by atoms with Crippen LogP contribution in [0.25, 0.3) is 61.7 Å². The van der Waals surface area contributed by atoms with Gasteiger partial charge in [0.1, 0.15) is 5.65 Å². The van der Waals surface area contributed by atoms with E-state index in [1.807, 2.05) is 24.4 Å². The van der Waals surface area contributed by atoms with E-state index in [9.17, 15) is 0 Å². The summed E-state index contributed by atoms with van der Waals surface area (Å²) in [6.45, 7) is 0. The Morgan fingerprint density at radius 1 is 0.629 bits per heavy atom. The number of aromatic nitrogens is 2. The Kier molecular flexibility index (Phi) is 3.81. The maximum absolute atomic E-state index is 4.55. The van der Waals surface area contributed by atoms with Crippen LogP contribution in [0.1, 0.15) is 22.3 Å². The molecule has 35 heavy (non-hydrogen) atoms. The van der Waals surface area contributed by atoms with Crippen LogP contribution in [-0.2, 0) is 12.8 Å². The average Bonchev–Trinajstić information content (AvgIpc) is 3.35. The zero-order chi connectivity index (χ0) is 22.9. The van der Waals surface area contributed by atoms with Gasteiger partial charge in [-0.3, -0.25) is 4.40 Å². The lowest BCUT2D eigenvalue weighted by Crippen LogP contribution is -2.04. The van der Waals surface area contributed by atoms with E-state index in [4.69, 9.17) is 0 Å². The van der Waals surface area contributed by atoms with Crippen LogP contribution >= 0.6 is 0 Å². The lowest BCUT2D eigenvalue weighted by atomic mass is 9.80. The number of pyridine rings is 1. The molecule has 0 fully saturated rings. The molecule has 2 aliphatic rings. The fourth-order valence-electron chi connectivity index (χ4n) is 6.12. The molecule has 0 radical (unpaired) electrons. The van der Waals surface area contributed by atoms with Crippen molar-refractivity contribution in [1.29, 1.82) is 0 Å². The van der Waals surface area contributed by atoms with Crippen molar-refractivity contribution in [3.05, 3.63) is 120 Å². The van der Waals surface area contributed by atoms with Crippen LogP contribution < -0.4 is 0 Å². The zero-order valence-electron chi connectivity index (χ0n) is 19.2. The molecule has 2 aliphatic carbocycles. The molecule has 0 atom stereocenters. The molecule has 2 aromatic heterocycles. The highest BCUT2D eigenvalue weighted by molar-refractivity contribution is 6.17. The van der Waals surface area contributed by atoms with Crippen LogP contribution in [0.3, 0.4) is 0 Å². The Labute approximate surface area is 203 Å². The van der Waals surface area contributed by atoms with Crippen molar-refractivity contribution >= 4 is 39.3 Å². The van der Waals surface area contributed by atoms with Gasteiger partial charge in [-0.1, -0.05) is 72.8 Å². The maximum Gasteiger partial charge on any atom is 0.137 e. The van der Waals surface area contributed by atoms with Gasteiger partial charge in [0.2, 0.25) is 0 Å². The van der Waals surface area contributed by atoms with Crippen LogP contribution in [0.15, 0.2) is 97.3 Å². The number of rotatable bonds is 2. The summed E-state index contributed by atoms with van der Waals surface area (Å²) in [5.74, 6) is 0. The van der Waals surface area contributed by atoms with Gasteiger partial charge in [-0.05, 0) is 92.0 Å². The minimum absolute atomic E-state index is 0.969. The third kappa shape index (κ3) is 2.68. The quantitative estimate of drug-likeness (QED) is 0.246. The van der Waals surface area contributed by atoms with E-state index < -0.39 is 0 Å². The van der Waals surface area contributed by atoms with Crippen LogP contribution in [0.5, 0.6) is 0 Å². The number of nitrogens with zero attached hydrogens (tertiary/aromatic N) is 2. The van der Waals surface area contributed by atoms with Crippen LogP contribution in [0, 0.1) is 0 Å². The zero-order valence-corrected chi connectivity index (χ0v) is 19.2. The van der Waals surface area contributed by atoms with Gasteiger partial charge >= 0.3 is 0 Å². The smallest absolute Gasteiger partial charge is 0.137 e. The molecule has 2 heteroatoms. The van der Waals surface area contributed by atoms with Gasteiger partial charge in [0.15, 0.2) is 0 Å². The van der Waals surface area contributed by atoms with Crippen LogP contribution in [0.2, 0.25) is 0 Å². The van der Waals surface area contributed by atoms with Gasteiger partial charge in [-0.15, -0.1) is 0 Å². The first-order valence-corrected chi connectivity index (χ1v) is 12.3. The van der Waals surface area contributed by atoms with Crippen molar-refractivity contribution < 1.29 is 0 Å². The second-order valence-electron chi connectivity index (χ2n) is 9.58. The summed E-state index contributed by atoms with van der Waals surface area (Å²) in [6.07, 6.45) is 15.3. The first-order chi connectivity index (χ1) is 17.3. The second-order valence-corrected chi connectivity index (χ2v) is 9.58. The van der Waals surface area contributed by atoms with Crippen LogP contribution in [0.4, 0.5) is 0 Å². The topological polar surface area (TPSA) is 17.3 Å². The minimum Gasteiger partial charge on any atom is -0.300 e. The molecule has 164 valence electrons. The normalized spacial score (nSPS) is 13.8. The van der Waals surface area contributed by atoms with Gasteiger partial charge in [0, 0.05) is 11.8 Å². The lowest BCUT2D eigenvalue weighted by molar-refractivity contribution is 1.18. The Morgan fingerprint density at radius 2 is 1.40 bits per heavy atom. The molecule has 2 nitrogen and oxygen atoms in total. The third-order valence-electron chi connectivity index (χ3n) is 7.69. The first-order valence-electron chi connectivity index (χ1n) is 12.3. The summed E-state index contributed by atoms with van der Waals surface area (Å²) in [5.41, 5.74) is 11.5. The number of hydrogen-bond donors (Lipinski definition) is 0. The molecular weight excluding hydrogens is 424 g/mol. The molecule has 8 rings (SSSR count). The van der Waals surface area contributed by atoms with E-state index in [0.29, 0.717) is 0 Å². The standard InChI is InChI=1S/C33H22N2/c1-2-17-35-30(20-34-31(35)12-1)22-15-13-21(14-16-22)25-18-24-8-5-10-27-26-9-3-6-23-7-4-11-28(32(23)26)29(19-25)33(24)27/h1-8,11-20H,9-10H2. The molecule has 0 N–H and O–H groups in total. The van der Waals surface area contributed by atoms with Crippen molar-refractivity contribution in [1.82, 2.24) is 9.38 Å². The van der Waals surface area contributed by atoms with Crippen molar-refractivity contribution in [2.24, 2.45) is 0 Å². The van der Waals surface area contributed by atoms with E-state index in [2.05, 4.69) is 94.5 Å². The predicted octanol–water partition coefficient (Wildman–Crippen LogP) is 8.11. The van der Waals surface area contributed by atoms with E-state index in [1.54, 1.807) is 0 Å². The average molecular weight is 447 g/mol. The molecule has 0 amide bonds. The highest BCUT2D eigenvalue weighted by atomic mass is 15.0. The summed E-state index contributed by atoms with van der Waals surface area (Å²) in [5, 5.41) is 5.63. The predicted molar refractivity (Wildman–Crippen MR) is 147 cm³/mol. The Bertz CT molecular complexity index is 1880. The molecule has 2 heterocycles. The summed E-state index contributed by atoms with van der Waals surface area (Å²) in [6, 6.07) is 26.6. The fourth-order valence-corrected chi connectivity index (χ4v) is 6.12. The minimum atomic E-state index is 0.969. The molecule has 0 spiro atoms. The summed E-state index contributed by atoms with van der Waals surface area (Å²) >= 11 is 0. The van der Waals surface area contributed by atoms with E-state index in [-0.39, 0.29) is 0 Å². The summed E-state index contributed by atoms with van der Waals surface area (Å²) in [4.78, 5) is 4.55. The van der Waals surface area contributed by atoms with Gasteiger partial charge in [0.05, 0.1) is 11.9 Å². The molecule has 0 saturated carbocycles. The lowest BCUT2D eigenvalue weighted by Gasteiger charge is -2.24. The van der Waals surface area contributed by atoms with Gasteiger partial charge < -0.3 is 0 Å². The van der Waals surface area contributed by atoms with Gasteiger partial charge in [-0.2, -0.15) is 0 Å². The number of hydrogen-bond acceptors (Lipinski definition) is 1. The highest BCUT2D eigenvalue weighted by Crippen LogP contribution is 2.43. The first kappa shape index (κ1) is 18.9. The summed E-state index contributed by atoms with van der Waals surface area (Å²) < 4.78 is 2.14. The molecule has 0 unspecified atom stereocenters. The molecule has 0 bridgehead atoms. The molecule has 0 aliphatic heterocycles. The Hall–Kier alpha value is -4.43. The van der Waals surface area contributed by atoms with Crippen molar-refractivity contribution in [2.75, 3.05) is 0 Å². The van der Waals surface area contributed by atoms with Gasteiger partial charge in [-0.25, -0.2) is 4.98 Å². The van der Waals surface area contributed by atoms with Crippen molar-refractivity contribution in [3.63, 3.8) is 0 Å². The second kappa shape index (κ2) is 7.04. The van der Waals surface area contributed by atoms with Gasteiger partial charge in [0.25, 0.3) is 0 Å². The number of imidazole rings is 1. The monoisotopic (exact) mass is 446 g/mol. The highest BCUT2D eigenvalue weighted by Gasteiger charge is 2.21. The molecular formula is C33H22N2. The summed E-state index contributed by atoms with van der Waals surface area (Å²) in [7, 11) is 0. The Balaban J connectivity index is 1.33. The molecule has 4 aromatic carbocycles. The molecule has 6 aromatic rings. The Morgan fingerprint density at radius 3 is 2.26 bits per heavy atom. The van der Waals surface area contributed by atoms with E-state index in [1.165, 1.54) is 60.5 Å². The van der Waals surface area contributed by atoms with E-state index in [0.717, 1.165) is 24.2 Å². The number of allylic oxidation sites excluding steroid dienone is 2.